The normalized spacial score (nSPS) is 10.8. The lowest BCUT2D eigenvalue weighted by Crippen LogP contribution is -2.14. The number of non-ortho nitro benzene ring substituents is 1. The van der Waals surface area contributed by atoms with Gasteiger partial charge in [0.1, 0.15) is 5.75 Å². The molecule has 0 saturated heterocycles. The number of hydrogen-bond donors (Lipinski definition) is 1. The Hall–Kier alpha value is -4.94. The topological polar surface area (TPSA) is 134 Å². The highest BCUT2D eigenvalue weighted by atomic mass is 19.4. The molecule has 1 N–H and O–H groups in total. The molecular weight excluding hydrogens is 501 g/mol. The summed E-state index contributed by atoms with van der Waals surface area (Å²) in [6.07, 6.45) is -4.76. The maximum atomic E-state index is 13.3. The Bertz CT molecular complexity index is 1390. The molecule has 0 bridgehead atoms. The van der Waals surface area contributed by atoms with Crippen molar-refractivity contribution in [3.8, 4) is 11.5 Å². The summed E-state index contributed by atoms with van der Waals surface area (Å²) in [6, 6.07) is 10.4. The summed E-state index contributed by atoms with van der Waals surface area (Å²) in [6.45, 7) is 0. The maximum Gasteiger partial charge on any atom is 0.416 e. The molecule has 3 rings (SSSR count). The van der Waals surface area contributed by atoms with Crippen LogP contribution in [0.15, 0.2) is 60.7 Å². The molecule has 1 amide bonds. The summed E-state index contributed by atoms with van der Waals surface area (Å²) >= 11 is 0. The number of carbonyl (C=O) groups excluding carboxylic acids is 3. The molecule has 0 saturated carbocycles. The minimum Gasteiger partial charge on any atom is -0.465 e. The van der Waals surface area contributed by atoms with Gasteiger partial charge in [-0.15, -0.1) is 0 Å². The number of anilines is 1. The average molecular weight is 518 g/mol. The van der Waals surface area contributed by atoms with Crippen LogP contribution in [0.1, 0.15) is 36.6 Å². The number of hydrogen-bond acceptors (Lipinski definition) is 8. The van der Waals surface area contributed by atoms with Gasteiger partial charge < -0.3 is 19.5 Å². The monoisotopic (exact) mass is 518 g/mol. The highest BCUT2D eigenvalue weighted by Gasteiger charge is 2.32. The van der Waals surface area contributed by atoms with Gasteiger partial charge in [-0.1, -0.05) is 6.07 Å². The van der Waals surface area contributed by atoms with Gasteiger partial charge in [0.2, 0.25) is 0 Å². The van der Waals surface area contributed by atoms with Gasteiger partial charge in [0.25, 0.3) is 11.6 Å². The van der Waals surface area contributed by atoms with Gasteiger partial charge in [-0.05, 0) is 42.5 Å². The maximum absolute atomic E-state index is 13.3. The molecule has 0 spiro atoms. The number of ether oxygens (including phenoxy) is 3. The van der Waals surface area contributed by atoms with Crippen LogP contribution in [0.5, 0.6) is 11.5 Å². The van der Waals surface area contributed by atoms with Gasteiger partial charge in [-0.3, -0.25) is 14.9 Å². The number of amides is 1. The summed E-state index contributed by atoms with van der Waals surface area (Å²) in [4.78, 5) is 47.1. The van der Waals surface area contributed by atoms with E-state index in [0.717, 1.165) is 38.5 Å². The number of nitrogens with one attached hydrogen (secondary N) is 1. The molecule has 3 aromatic rings. The summed E-state index contributed by atoms with van der Waals surface area (Å²) in [7, 11) is 2.18. The Kier molecular flexibility index (Phi) is 7.76. The second-order valence-corrected chi connectivity index (χ2v) is 7.26. The van der Waals surface area contributed by atoms with E-state index in [0.29, 0.717) is 12.1 Å². The third-order valence-corrected chi connectivity index (χ3v) is 4.90. The predicted molar refractivity (Wildman–Crippen MR) is 122 cm³/mol. The molecule has 0 aliphatic heterocycles. The van der Waals surface area contributed by atoms with Gasteiger partial charge in [0, 0.05) is 17.7 Å². The molecule has 0 atom stereocenters. The summed E-state index contributed by atoms with van der Waals surface area (Å²) in [5.74, 6) is -3.03. The highest BCUT2D eigenvalue weighted by molar-refractivity contribution is 6.05. The smallest absolute Gasteiger partial charge is 0.416 e. The molecular formula is C24H17F3N2O8. The van der Waals surface area contributed by atoms with Gasteiger partial charge >= 0.3 is 18.1 Å². The third kappa shape index (κ3) is 6.20. The molecule has 0 aliphatic carbocycles. The number of alkyl halides is 3. The minimum atomic E-state index is -4.76. The molecule has 13 heteroatoms. The number of nitro groups is 1. The number of nitro benzene ring substituents is 1. The van der Waals surface area contributed by atoms with Crippen LogP contribution in [0.2, 0.25) is 0 Å². The zero-order valence-corrected chi connectivity index (χ0v) is 19.1. The molecule has 3 aromatic carbocycles. The first-order valence-corrected chi connectivity index (χ1v) is 10.2. The molecule has 192 valence electrons. The number of esters is 2. The number of benzene rings is 3. The van der Waals surface area contributed by atoms with Crippen molar-refractivity contribution in [2.45, 2.75) is 6.18 Å². The van der Waals surface area contributed by atoms with Crippen molar-refractivity contribution in [3.05, 3.63) is 93.0 Å². The Morgan fingerprint density at radius 1 is 0.892 bits per heavy atom. The SMILES string of the molecule is COC(=O)c1ccc(Oc2ccc(C(F)(F)F)cc2NC(=O)c2cccc([N+](=O)[O-])c2)cc1C(=O)OC. The van der Waals surface area contributed by atoms with E-state index < -0.39 is 45.9 Å². The van der Waals surface area contributed by atoms with E-state index in [1.54, 1.807) is 0 Å². The van der Waals surface area contributed by atoms with E-state index in [1.165, 1.54) is 24.3 Å². The number of nitrogens with zero attached hydrogens (tertiary/aromatic N) is 1. The van der Waals surface area contributed by atoms with Gasteiger partial charge in [-0.25, -0.2) is 9.59 Å². The Labute approximate surface area is 206 Å². The molecule has 0 aliphatic rings. The fourth-order valence-electron chi connectivity index (χ4n) is 3.13. The van der Waals surface area contributed by atoms with Gasteiger partial charge in [0.05, 0.1) is 41.5 Å². The van der Waals surface area contributed by atoms with Crippen molar-refractivity contribution < 1.29 is 46.7 Å². The van der Waals surface area contributed by atoms with Crippen LogP contribution >= 0.6 is 0 Å². The zero-order chi connectivity index (χ0) is 27.3. The lowest BCUT2D eigenvalue weighted by Gasteiger charge is -2.16. The number of rotatable bonds is 7. The molecule has 0 radical (unpaired) electrons. The van der Waals surface area contributed by atoms with Gasteiger partial charge in [0.15, 0.2) is 5.75 Å². The van der Waals surface area contributed by atoms with E-state index >= 15 is 0 Å². The Balaban J connectivity index is 2.02. The van der Waals surface area contributed by atoms with Crippen LogP contribution in [0.3, 0.4) is 0 Å². The number of carbonyl (C=O) groups is 3. The van der Waals surface area contributed by atoms with Gasteiger partial charge in [-0.2, -0.15) is 13.2 Å². The van der Waals surface area contributed by atoms with Crippen LogP contribution in [-0.2, 0) is 15.7 Å². The predicted octanol–water partition coefficient (Wildman–Crippen LogP) is 5.23. The van der Waals surface area contributed by atoms with Crippen LogP contribution in [-0.4, -0.2) is 37.0 Å². The van der Waals surface area contributed by atoms with Crippen molar-refractivity contribution in [1.82, 2.24) is 0 Å². The van der Waals surface area contributed by atoms with Crippen LogP contribution < -0.4 is 10.1 Å². The highest BCUT2D eigenvalue weighted by Crippen LogP contribution is 2.37. The van der Waals surface area contributed by atoms with Crippen molar-refractivity contribution in [3.63, 3.8) is 0 Å². The van der Waals surface area contributed by atoms with Crippen molar-refractivity contribution in [2.24, 2.45) is 0 Å². The third-order valence-electron chi connectivity index (χ3n) is 4.90. The Morgan fingerprint density at radius 2 is 1.57 bits per heavy atom. The second kappa shape index (κ2) is 10.8. The molecule has 0 heterocycles. The van der Waals surface area contributed by atoms with Crippen molar-refractivity contribution >= 4 is 29.2 Å². The fourth-order valence-corrected chi connectivity index (χ4v) is 3.13. The molecule has 0 unspecified atom stereocenters. The average Bonchev–Trinajstić information content (AvgIpc) is 2.88. The van der Waals surface area contributed by atoms with E-state index in [9.17, 15) is 37.7 Å². The van der Waals surface area contributed by atoms with Crippen molar-refractivity contribution in [2.75, 3.05) is 19.5 Å². The summed E-state index contributed by atoms with van der Waals surface area (Å²) in [5, 5.41) is 13.3. The molecule has 37 heavy (non-hydrogen) atoms. The fraction of sp³-hybridized carbons (Fsp3) is 0.125. The molecule has 0 fully saturated rings. The zero-order valence-electron chi connectivity index (χ0n) is 19.1. The Morgan fingerprint density at radius 3 is 2.19 bits per heavy atom. The quantitative estimate of drug-likeness (QED) is 0.255. The summed E-state index contributed by atoms with van der Waals surface area (Å²) < 4.78 is 54.9. The standard InChI is InChI=1S/C24H17F3N2O8/c1-35-22(31)17-8-7-16(12-18(17)23(32)36-2)37-20-9-6-14(24(25,26)27)11-19(20)28-21(30)13-4-3-5-15(10-13)29(33)34/h3-12H,1-2H3,(H,28,30). The first-order chi connectivity index (χ1) is 17.4. The van der Waals surface area contributed by atoms with Crippen LogP contribution in [0, 0.1) is 10.1 Å². The van der Waals surface area contributed by atoms with E-state index in [4.69, 9.17) is 4.74 Å². The first-order valence-electron chi connectivity index (χ1n) is 10.2. The minimum absolute atomic E-state index is 0.0846. The second-order valence-electron chi connectivity index (χ2n) is 7.26. The van der Waals surface area contributed by atoms with Crippen LogP contribution in [0.4, 0.5) is 24.5 Å². The lowest BCUT2D eigenvalue weighted by molar-refractivity contribution is -0.384. The summed E-state index contributed by atoms with van der Waals surface area (Å²) in [5.41, 5.74) is -2.48. The van der Waals surface area contributed by atoms with E-state index in [2.05, 4.69) is 14.8 Å². The number of methoxy groups -OCH3 is 2. The van der Waals surface area contributed by atoms with E-state index in [-0.39, 0.29) is 28.2 Å². The largest absolute Gasteiger partial charge is 0.465 e. The van der Waals surface area contributed by atoms with Crippen LogP contribution in [0.25, 0.3) is 0 Å². The molecule has 10 nitrogen and oxygen atoms in total. The van der Waals surface area contributed by atoms with E-state index in [1.807, 2.05) is 0 Å². The number of halogens is 3. The van der Waals surface area contributed by atoms with Crippen molar-refractivity contribution in [1.29, 1.82) is 0 Å². The first kappa shape index (κ1) is 26.7. The lowest BCUT2D eigenvalue weighted by atomic mass is 10.1. The molecule has 0 aromatic heterocycles.